The highest BCUT2D eigenvalue weighted by atomic mass is 16.5. The summed E-state index contributed by atoms with van der Waals surface area (Å²) < 4.78 is 6.61. The van der Waals surface area contributed by atoms with Crippen molar-refractivity contribution in [2.24, 2.45) is 17.8 Å². The Labute approximate surface area is 349 Å². The summed E-state index contributed by atoms with van der Waals surface area (Å²) in [5, 5.41) is 0. The van der Waals surface area contributed by atoms with E-state index in [0.29, 0.717) is 0 Å². The number of rotatable bonds is 5. The number of aromatic nitrogens is 3. The van der Waals surface area contributed by atoms with E-state index in [4.69, 9.17) is 19.7 Å². The van der Waals surface area contributed by atoms with Gasteiger partial charge in [-0.25, -0.2) is 15.0 Å². The normalized spacial score (nSPS) is 22.5. The van der Waals surface area contributed by atoms with Crippen LogP contribution in [0.25, 0.3) is 56.2 Å². The molecule has 1 aromatic heterocycles. The molecule has 4 heteroatoms. The predicted octanol–water partition coefficient (Wildman–Crippen LogP) is 13.0. The molecule has 4 atom stereocenters. The molecule has 284 valence electrons. The van der Waals surface area contributed by atoms with E-state index >= 15 is 0 Å². The number of benzene rings is 7. The van der Waals surface area contributed by atoms with Crippen LogP contribution in [0.1, 0.15) is 53.8 Å². The first-order valence-electron chi connectivity index (χ1n) is 21.5. The SMILES string of the molecule is c1ccc(-c2cccc(-c3nc(-c4cccc(-c5ccc6c(c5)C5(c7ccccc7Oc7ccccc75)c5ccccc5-6)c4)nc(C45CC6C[C@@H]7C[C@H](C4)C6=C75)n3)c2)cc1. The minimum Gasteiger partial charge on any atom is -0.457 e. The fourth-order valence-electron chi connectivity index (χ4n) is 13.0. The Morgan fingerprint density at radius 1 is 0.417 bits per heavy atom. The lowest BCUT2D eigenvalue weighted by Crippen LogP contribution is -2.42. The summed E-state index contributed by atoms with van der Waals surface area (Å²) in [5.41, 5.74) is 17.0. The Hall–Kier alpha value is -6.91. The minimum atomic E-state index is -0.521. The second-order valence-corrected chi connectivity index (χ2v) is 17.9. The topological polar surface area (TPSA) is 47.9 Å². The van der Waals surface area contributed by atoms with Gasteiger partial charge in [0, 0.05) is 22.3 Å². The highest BCUT2D eigenvalue weighted by Crippen LogP contribution is 2.74. The van der Waals surface area contributed by atoms with Gasteiger partial charge < -0.3 is 4.74 Å². The van der Waals surface area contributed by atoms with Gasteiger partial charge in [-0.1, -0.05) is 151 Å². The number of hydrogen-bond donors (Lipinski definition) is 0. The molecule has 0 N–H and O–H groups in total. The summed E-state index contributed by atoms with van der Waals surface area (Å²) in [6.07, 6.45) is 5.00. The Morgan fingerprint density at radius 3 is 1.60 bits per heavy atom. The zero-order valence-corrected chi connectivity index (χ0v) is 33.0. The molecule has 14 rings (SSSR count). The molecule has 0 radical (unpaired) electrons. The molecule has 0 saturated carbocycles. The maximum atomic E-state index is 6.61. The van der Waals surface area contributed by atoms with Gasteiger partial charge in [0.2, 0.25) is 0 Å². The largest absolute Gasteiger partial charge is 0.457 e. The average molecular weight is 770 g/mol. The van der Waals surface area contributed by atoms with Crippen LogP contribution in [-0.2, 0) is 10.8 Å². The molecule has 60 heavy (non-hydrogen) atoms. The van der Waals surface area contributed by atoms with Gasteiger partial charge in [-0.15, -0.1) is 0 Å². The number of nitrogens with zero attached hydrogens (tertiary/aromatic N) is 3. The molecule has 8 aromatic rings. The first-order valence-corrected chi connectivity index (χ1v) is 21.5. The lowest BCUT2D eigenvalue weighted by Gasteiger charge is -2.46. The van der Waals surface area contributed by atoms with Crippen LogP contribution in [0.3, 0.4) is 0 Å². The van der Waals surface area contributed by atoms with Crippen molar-refractivity contribution < 1.29 is 4.74 Å². The Kier molecular flexibility index (Phi) is 6.52. The van der Waals surface area contributed by atoms with Crippen LogP contribution in [0.5, 0.6) is 11.5 Å². The van der Waals surface area contributed by atoms with Gasteiger partial charge in [0.25, 0.3) is 0 Å². The van der Waals surface area contributed by atoms with E-state index in [1.165, 1.54) is 51.8 Å². The Morgan fingerprint density at radius 2 is 0.950 bits per heavy atom. The molecule has 4 nitrogen and oxygen atoms in total. The van der Waals surface area contributed by atoms with E-state index in [1.807, 2.05) is 0 Å². The van der Waals surface area contributed by atoms with Gasteiger partial charge >= 0.3 is 0 Å². The maximum absolute atomic E-state index is 6.61. The van der Waals surface area contributed by atoms with Crippen molar-refractivity contribution >= 4 is 0 Å². The molecular formula is C56H39N3O. The van der Waals surface area contributed by atoms with Gasteiger partial charge in [-0.05, 0) is 118 Å². The second kappa shape index (κ2) is 11.9. The Bertz CT molecular complexity index is 3120. The van der Waals surface area contributed by atoms with E-state index in [-0.39, 0.29) is 5.41 Å². The maximum Gasteiger partial charge on any atom is 0.163 e. The number of allylic oxidation sites excluding steroid dienone is 2. The Balaban J connectivity index is 0.934. The van der Waals surface area contributed by atoms with Gasteiger partial charge in [-0.3, -0.25) is 0 Å². The smallest absolute Gasteiger partial charge is 0.163 e. The van der Waals surface area contributed by atoms with Gasteiger partial charge in [-0.2, -0.15) is 0 Å². The zero-order chi connectivity index (χ0) is 39.2. The molecule has 0 amide bonds. The van der Waals surface area contributed by atoms with Crippen molar-refractivity contribution in [1.29, 1.82) is 0 Å². The summed E-state index contributed by atoms with van der Waals surface area (Å²) in [6.45, 7) is 0. The summed E-state index contributed by atoms with van der Waals surface area (Å²) >= 11 is 0. The average Bonchev–Trinajstić information content (AvgIpc) is 4.11. The molecule has 0 saturated heterocycles. The fraction of sp³-hybridized carbons (Fsp3) is 0.161. The van der Waals surface area contributed by atoms with Crippen LogP contribution in [0.2, 0.25) is 0 Å². The summed E-state index contributed by atoms with van der Waals surface area (Å²) in [7, 11) is 0. The third kappa shape index (κ3) is 4.28. The monoisotopic (exact) mass is 769 g/mol. The number of para-hydroxylation sites is 2. The van der Waals surface area contributed by atoms with Crippen LogP contribution < -0.4 is 4.74 Å². The molecule has 5 aliphatic carbocycles. The third-order valence-electron chi connectivity index (χ3n) is 15.0. The van der Waals surface area contributed by atoms with E-state index in [1.54, 1.807) is 11.1 Å². The number of hydrogen-bond acceptors (Lipinski definition) is 4. The standard InChI is InChI=1S/C56H39N3O/c1-2-12-33(13-3-1)34-14-10-16-37(26-34)52-57-53(59-54(58-52)55-31-40-28-39-29-41(32-55)50(40)51(39)55)38-17-11-15-35(27-38)36-24-25-43-42-18-4-5-19-44(42)56(47(43)30-36)45-20-6-8-22-48(45)60-49-23-9-7-21-46(49)56/h1-27,30,39-41H,28-29,31-32H2/t39-,40+,41?,55?/m0/s1. The number of ether oxygens (including phenoxy) is 1. The second-order valence-electron chi connectivity index (χ2n) is 17.9. The van der Waals surface area contributed by atoms with E-state index in [9.17, 15) is 0 Å². The molecule has 2 heterocycles. The van der Waals surface area contributed by atoms with E-state index in [2.05, 4.69) is 170 Å². The van der Waals surface area contributed by atoms with Crippen molar-refractivity contribution in [3.8, 4) is 67.7 Å². The summed E-state index contributed by atoms with van der Waals surface area (Å²) in [6, 6.07) is 61.3. The van der Waals surface area contributed by atoms with Crippen molar-refractivity contribution in [3.63, 3.8) is 0 Å². The molecule has 7 aromatic carbocycles. The molecular weight excluding hydrogens is 731 g/mol. The van der Waals surface area contributed by atoms with Gasteiger partial charge in [0.05, 0.1) is 10.8 Å². The zero-order valence-electron chi connectivity index (χ0n) is 33.0. The first-order chi connectivity index (χ1) is 29.7. The van der Waals surface area contributed by atoms with Crippen LogP contribution in [-0.4, -0.2) is 15.0 Å². The third-order valence-corrected chi connectivity index (χ3v) is 15.0. The van der Waals surface area contributed by atoms with Crippen molar-refractivity contribution in [3.05, 3.63) is 209 Å². The molecule has 0 fully saturated rings. The van der Waals surface area contributed by atoms with Crippen LogP contribution >= 0.6 is 0 Å². The van der Waals surface area contributed by atoms with Crippen LogP contribution in [0, 0.1) is 17.8 Å². The molecule has 2 unspecified atom stereocenters. The molecule has 6 aliphatic rings. The number of fused-ring (bicyclic) bond motifs is 9. The molecule has 1 aliphatic heterocycles. The highest BCUT2D eigenvalue weighted by Gasteiger charge is 2.66. The van der Waals surface area contributed by atoms with Gasteiger partial charge in [0.1, 0.15) is 17.3 Å². The first kappa shape index (κ1) is 33.0. The van der Waals surface area contributed by atoms with Crippen LogP contribution in [0.15, 0.2) is 181 Å². The molecule has 6 bridgehead atoms. The lowest BCUT2D eigenvalue weighted by molar-refractivity contribution is 0.164. The quantitative estimate of drug-likeness (QED) is 0.164. The van der Waals surface area contributed by atoms with Crippen molar-refractivity contribution in [2.45, 2.75) is 36.5 Å². The van der Waals surface area contributed by atoms with Crippen LogP contribution in [0.4, 0.5) is 0 Å². The fourth-order valence-corrected chi connectivity index (χ4v) is 13.0. The minimum absolute atomic E-state index is 0.0491. The summed E-state index contributed by atoms with van der Waals surface area (Å²) in [5.74, 6) is 6.44. The van der Waals surface area contributed by atoms with E-state index in [0.717, 1.165) is 87.4 Å². The molecule has 1 spiro atoms. The van der Waals surface area contributed by atoms with Crippen molar-refractivity contribution in [1.82, 2.24) is 15.0 Å². The lowest BCUT2D eigenvalue weighted by atomic mass is 9.58. The highest BCUT2D eigenvalue weighted by molar-refractivity contribution is 5.90. The van der Waals surface area contributed by atoms with E-state index < -0.39 is 5.41 Å². The summed E-state index contributed by atoms with van der Waals surface area (Å²) in [4.78, 5) is 16.3. The van der Waals surface area contributed by atoms with Gasteiger partial charge in [0.15, 0.2) is 11.6 Å². The van der Waals surface area contributed by atoms with Crippen molar-refractivity contribution in [2.75, 3.05) is 0 Å². The predicted molar refractivity (Wildman–Crippen MR) is 237 cm³/mol.